The fourth-order valence-corrected chi connectivity index (χ4v) is 0.625. The zero-order chi connectivity index (χ0) is 11.6. The second-order valence-electron chi connectivity index (χ2n) is 1.98. The molecule has 0 atom stereocenters. The summed E-state index contributed by atoms with van der Waals surface area (Å²) in [5.41, 5.74) is 0.548. The summed E-state index contributed by atoms with van der Waals surface area (Å²) in [6.07, 6.45) is 1.15. The van der Waals surface area contributed by atoms with E-state index in [-0.39, 0.29) is 5.82 Å². The van der Waals surface area contributed by atoms with Crippen molar-refractivity contribution < 1.29 is 9.13 Å². The topological polar surface area (TPSA) is 22.1 Å². The summed E-state index contributed by atoms with van der Waals surface area (Å²) in [7, 11) is 1.50. The summed E-state index contributed by atoms with van der Waals surface area (Å²) in [5.74, 6) is 0.139. The second kappa shape index (κ2) is 9.96. The number of aryl methyl sites for hydroxylation is 1. The Labute approximate surface area is 86.1 Å². The van der Waals surface area contributed by atoms with Crippen LogP contribution >= 0.6 is 0 Å². The van der Waals surface area contributed by atoms with E-state index in [0.717, 1.165) is 6.20 Å². The molecule has 0 fully saturated rings. The summed E-state index contributed by atoms with van der Waals surface area (Å²) in [4.78, 5) is 3.66. The molecule has 0 aromatic carbocycles. The lowest BCUT2D eigenvalue weighted by Gasteiger charge is -1.98. The number of methoxy groups -OCH3 is 1. The van der Waals surface area contributed by atoms with Crippen LogP contribution in [0.25, 0.3) is 0 Å². The van der Waals surface area contributed by atoms with Crippen LogP contribution in [-0.4, -0.2) is 12.1 Å². The van der Waals surface area contributed by atoms with Crippen molar-refractivity contribution in [1.29, 1.82) is 0 Å². The number of hydrogen-bond acceptors (Lipinski definition) is 2. The molecule has 3 heteroatoms. The van der Waals surface area contributed by atoms with Gasteiger partial charge in [0.25, 0.3) is 0 Å². The van der Waals surface area contributed by atoms with Gasteiger partial charge in [-0.15, -0.1) is 0 Å². The molecular weight excluding hydrogens is 181 g/mol. The number of hydrogen-bond donors (Lipinski definition) is 0. The van der Waals surface area contributed by atoms with Crippen molar-refractivity contribution >= 4 is 0 Å². The van der Waals surface area contributed by atoms with E-state index in [0.29, 0.717) is 11.4 Å². The minimum Gasteiger partial charge on any atom is -0.481 e. The summed E-state index contributed by atoms with van der Waals surface area (Å²) in [5, 5.41) is 0. The molecule has 0 aliphatic carbocycles. The number of rotatable bonds is 1. The molecule has 1 aromatic heterocycles. The van der Waals surface area contributed by atoms with Crippen molar-refractivity contribution in [3.05, 3.63) is 23.6 Å². The fraction of sp³-hybridized carbons (Fsp3) is 0.545. The highest BCUT2D eigenvalue weighted by molar-refractivity contribution is 5.20. The maximum atomic E-state index is 12.5. The third-order valence-electron chi connectivity index (χ3n) is 1.23. The first kappa shape index (κ1) is 15.4. The van der Waals surface area contributed by atoms with Crippen molar-refractivity contribution in [2.45, 2.75) is 34.6 Å². The van der Waals surface area contributed by atoms with Gasteiger partial charge in [0, 0.05) is 6.07 Å². The van der Waals surface area contributed by atoms with E-state index in [4.69, 9.17) is 4.74 Å². The monoisotopic (exact) mass is 201 g/mol. The number of pyridine rings is 1. The van der Waals surface area contributed by atoms with E-state index in [9.17, 15) is 4.39 Å². The van der Waals surface area contributed by atoms with Gasteiger partial charge in [-0.2, -0.15) is 0 Å². The highest BCUT2D eigenvalue weighted by atomic mass is 19.1. The standard InChI is InChI=1S/C7H8FNO.2C2H6/c1-5-3-7(10-2)9-4-6(5)8;2*1-2/h3-4H,1-2H3;2*1-2H3. The van der Waals surface area contributed by atoms with Gasteiger partial charge in [0.05, 0.1) is 13.3 Å². The van der Waals surface area contributed by atoms with Gasteiger partial charge in [0.15, 0.2) is 0 Å². The van der Waals surface area contributed by atoms with Gasteiger partial charge >= 0.3 is 0 Å². The predicted octanol–water partition coefficient (Wildman–Crippen LogP) is 3.59. The molecule has 0 saturated heterocycles. The number of ether oxygens (including phenoxy) is 1. The van der Waals surface area contributed by atoms with E-state index < -0.39 is 0 Å². The summed E-state index contributed by atoms with van der Waals surface area (Å²) >= 11 is 0. The average molecular weight is 201 g/mol. The van der Waals surface area contributed by atoms with Crippen molar-refractivity contribution in [2.24, 2.45) is 0 Å². The largest absolute Gasteiger partial charge is 0.481 e. The zero-order valence-electron chi connectivity index (χ0n) is 9.89. The lowest BCUT2D eigenvalue weighted by molar-refractivity contribution is 0.395. The Morgan fingerprint density at radius 1 is 1.21 bits per heavy atom. The van der Waals surface area contributed by atoms with Gasteiger partial charge in [-0.25, -0.2) is 9.37 Å². The average Bonchev–Trinajstić information content (AvgIpc) is 2.28. The minimum absolute atomic E-state index is 0.305. The van der Waals surface area contributed by atoms with Crippen LogP contribution in [0.5, 0.6) is 5.88 Å². The summed E-state index contributed by atoms with van der Waals surface area (Å²) in [6, 6.07) is 1.55. The van der Waals surface area contributed by atoms with E-state index in [1.54, 1.807) is 13.0 Å². The van der Waals surface area contributed by atoms with Crippen LogP contribution in [0.2, 0.25) is 0 Å². The minimum atomic E-state index is -0.305. The lowest BCUT2D eigenvalue weighted by atomic mass is 10.3. The molecule has 1 heterocycles. The van der Waals surface area contributed by atoms with Crippen LogP contribution in [-0.2, 0) is 0 Å². The molecule has 2 nitrogen and oxygen atoms in total. The van der Waals surface area contributed by atoms with Crippen molar-refractivity contribution in [2.75, 3.05) is 7.11 Å². The number of aromatic nitrogens is 1. The fourth-order valence-electron chi connectivity index (χ4n) is 0.625. The smallest absolute Gasteiger partial charge is 0.213 e. The summed E-state index contributed by atoms with van der Waals surface area (Å²) < 4.78 is 17.3. The van der Waals surface area contributed by atoms with Gasteiger partial charge in [-0.1, -0.05) is 27.7 Å². The van der Waals surface area contributed by atoms with Crippen molar-refractivity contribution in [3.8, 4) is 5.88 Å². The van der Waals surface area contributed by atoms with E-state index >= 15 is 0 Å². The van der Waals surface area contributed by atoms with Crippen LogP contribution in [0.4, 0.5) is 4.39 Å². The molecular formula is C11H20FNO. The molecule has 0 unspecified atom stereocenters. The predicted molar refractivity (Wildman–Crippen MR) is 58.2 cm³/mol. The van der Waals surface area contributed by atoms with Gasteiger partial charge in [0.1, 0.15) is 5.82 Å². The Kier molecular flexibility index (Phi) is 10.9. The Morgan fingerprint density at radius 2 is 1.71 bits per heavy atom. The van der Waals surface area contributed by atoms with Gasteiger partial charge in [-0.3, -0.25) is 0 Å². The molecule has 1 rings (SSSR count). The molecule has 0 N–H and O–H groups in total. The van der Waals surface area contributed by atoms with Crippen LogP contribution in [0.1, 0.15) is 33.3 Å². The highest BCUT2D eigenvalue weighted by Crippen LogP contribution is 2.10. The normalized spacial score (nSPS) is 7.64. The molecule has 1 aromatic rings. The van der Waals surface area contributed by atoms with Gasteiger partial charge in [0.2, 0.25) is 5.88 Å². The Hall–Kier alpha value is -1.12. The van der Waals surface area contributed by atoms with E-state index in [2.05, 4.69) is 4.98 Å². The molecule has 0 amide bonds. The quantitative estimate of drug-likeness (QED) is 0.692. The molecule has 14 heavy (non-hydrogen) atoms. The van der Waals surface area contributed by atoms with Crippen LogP contribution < -0.4 is 4.74 Å². The Morgan fingerprint density at radius 3 is 2.07 bits per heavy atom. The maximum Gasteiger partial charge on any atom is 0.213 e. The molecule has 0 radical (unpaired) electrons. The van der Waals surface area contributed by atoms with Crippen molar-refractivity contribution in [1.82, 2.24) is 4.98 Å². The third-order valence-corrected chi connectivity index (χ3v) is 1.23. The molecule has 0 saturated carbocycles. The zero-order valence-corrected chi connectivity index (χ0v) is 9.89. The van der Waals surface area contributed by atoms with Gasteiger partial charge in [-0.05, 0) is 12.5 Å². The molecule has 0 spiro atoms. The van der Waals surface area contributed by atoms with Crippen LogP contribution in [0.15, 0.2) is 12.3 Å². The maximum absolute atomic E-state index is 12.5. The Bertz CT molecular complexity index is 239. The number of nitrogens with zero attached hydrogens (tertiary/aromatic N) is 1. The Balaban J connectivity index is 0. The molecule has 0 aliphatic rings. The highest BCUT2D eigenvalue weighted by Gasteiger charge is 1.98. The van der Waals surface area contributed by atoms with E-state index in [1.807, 2.05) is 27.7 Å². The molecule has 0 aliphatic heterocycles. The SMILES string of the molecule is CC.CC.COc1cc(C)c(F)cn1. The van der Waals surface area contributed by atoms with E-state index in [1.165, 1.54) is 7.11 Å². The number of halogens is 1. The van der Waals surface area contributed by atoms with Crippen LogP contribution in [0.3, 0.4) is 0 Å². The van der Waals surface area contributed by atoms with Crippen molar-refractivity contribution in [3.63, 3.8) is 0 Å². The third kappa shape index (κ3) is 5.51. The van der Waals surface area contributed by atoms with Gasteiger partial charge < -0.3 is 4.74 Å². The lowest BCUT2D eigenvalue weighted by Crippen LogP contribution is -1.90. The first-order chi connectivity index (χ1) is 6.74. The molecule has 82 valence electrons. The molecule has 0 bridgehead atoms. The first-order valence-electron chi connectivity index (χ1n) is 4.90. The van der Waals surface area contributed by atoms with Crippen LogP contribution in [0, 0.1) is 12.7 Å². The second-order valence-corrected chi connectivity index (χ2v) is 1.98. The summed E-state index contributed by atoms with van der Waals surface area (Å²) in [6.45, 7) is 9.67. The first-order valence-corrected chi connectivity index (χ1v) is 4.90.